The molecule has 0 saturated carbocycles. The molecule has 114 valence electrons. The minimum Gasteiger partial charge on any atom is -0.285 e. The first-order valence-electron chi connectivity index (χ1n) is 6.97. The molecule has 0 radical (unpaired) electrons. The molecule has 0 bridgehead atoms. The van der Waals surface area contributed by atoms with Gasteiger partial charge in [-0.2, -0.15) is 0 Å². The molecule has 2 unspecified atom stereocenters. The number of nitrogens with zero attached hydrogens (tertiary/aromatic N) is 3. The van der Waals surface area contributed by atoms with E-state index in [-0.39, 0.29) is 36.5 Å². The predicted molar refractivity (Wildman–Crippen MR) is 74.5 cm³/mol. The summed E-state index contributed by atoms with van der Waals surface area (Å²) in [6, 6.07) is 5.04. The smallest absolute Gasteiger partial charge is 0.238 e. The molecular weight excluding hydrogens is 286 g/mol. The minimum absolute atomic E-state index is 0.0865. The highest BCUT2D eigenvalue weighted by Gasteiger charge is 2.40. The number of likely N-dealkylation sites (tertiary alicyclic amines) is 2. The van der Waals surface area contributed by atoms with Gasteiger partial charge in [-0.25, -0.2) is 0 Å². The monoisotopic (exact) mass is 301 g/mol. The van der Waals surface area contributed by atoms with Gasteiger partial charge in [0.2, 0.25) is 23.6 Å². The van der Waals surface area contributed by atoms with Crippen LogP contribution in [0.4, 0.5) is 0 Å². The number of likely N-dealkylation sites (N-methyl/N-ethyl adjacent to an activating group) is 2. The number of hydrogen-bond donors (Lipinski definition) is 0. The summed E-state index contributed by atoms with van der Waals surface area (Å²) in [6.45, 7) is 0. The highest BCUT2D eigenvalue weighted by molar-refractivity contribution is 6.06. The zero-order valence-electron chi connectivity index (χ0n) is 12.3. The van der Waals surface area contributed by atoms with E-state index in [2.05, 4.69) is 4.98 Å². The summed E-state index contributed by atoms with van der Waals surface area (Å²) in [5.74, 6) is -2.28. The van der Waals surface area contributed by atoms with E-state index in [0.29, 0.717) is 11.4 Å². The predicted octanol–water partition coefficient (Wildman–Crippen LogP) is 0.0262. The molecule has 7 nitrogen and oxygen atoms in total. The van der Waals surface area contributed by atoms with Gasteiger partial charge in [-0.1, -0.05) is 6.07 Å². The van der Waals surface area contributed by atoms with E-state index in [1.807, 2.05) is 0 Å². The maximum absolute atomic E-state index is 12.1. The quantitative estimate of drug-likeness (QED) is 0.719. The number of amides is 4. The molecule has 2 fully saturated rings. The Morgan fingerprint density at radius 2 is 1.27 bits per heavy atom. The van der Waals surface area contributed by atoms with Crippen LogP contribution in [-0.2, 0) is 19.2 Å². The average Bonchev–Trinajstić information content (AvgIpc) is 2.92. The third kappa shape index (κ3) is 2.09. The first-order chi connectivity index (χ1) is 10.4. The van der Waals surface area contributed by atoms with Crippen molar-refractivity contribution in [2.75, 3.05) is 14.1 Å². The fourth-order valence-electron chi connectivity index (χ4n) is 2.83. The second-order valence-electron chi connectivity index (χ2n) is 5.58. The summed E-state index contributed by atoms with van der Waals surface area (Å²) in [5, 5.41) is 0. The zero-order valence-corrected chi connectivity index (χ0v) is 12.3. The molecule has 2 aliphatic rings. The van der Waals surface area contributed by atoms with Crippen molar-refractivity contribution in [2.24, 2.45) is 0 Å². The number of rotatable bonds is 2. The van der Waals surface area contributed by atoms with Gasteiger partial charge in [0.1, 0.15) is 0 Å². The Bertz CT molecular complexity index is 645. The molecule has 22 heavy (non-hydrogen) atoms. The van der Waals surface area contributed by atoms with Gasteiger partial charge >= 0.3 is 0 Å². The van der Waals surface area contributed by atoms with Crippen LogP contribution in [-0.4, -0.2) is 52.5 Å². The number of aromatic nitrogens is 1. The Morgan fingerprint density at radius 3 is 1.59 bits per heavy atom. The van der Waals surface area contributed by atoms with Crippen LogP contribution in [0, 0.1) is 0 Å². The normalized spacial score (nSPS) is 25.5. The Kier molecular flexibility index (Phi) is 3.27. The molecule has 0 aliphatic carbocycles. The lowest BCUT2D eigenvalue weighted by Crippen LogP contribution is -2.26. The fraction of sp³-hybridized carbons (Fsp3) is 0.400. The molecule has 0 spiro atoms. The number of pyridine rings is 1. The molecule has 3 rings (SSSR count). The maximum Gasteiger partial charge on any atom is 0.238 e. The summed E-state index contributed by atoms with van der Waals surface area (Å²) in [7, 11) is 2.89. The number of carbonyl (C=O) groups is 4. The first-order valence-corrected chi connectivity index (χ1v) is 6.97. The lowest BCUT2D eigenvalue weighted by atomic mass is 9.99. The maximum atomic E-state index is 12.1. The summed E-state index contributed by atoms with van der Waals surface area (Å²) in [6.07, 6.45) is 0.173. The van der Waals surface area contributed by atoms with Crippen LogP contribution in [0.15, 0.2) is 18.2 Å². The summed E-state index contributed by atoms with van der Waals surface area (Å²) >= 11 is 0. The molecule has 0 N–H and O–H groups in total. The van der Waals surface area contributed by atoms with Gasteiger partial charge in [-0.05, 0) is 12.1 Å². The van der Waals surface area contributed by atoms with Crippen LogP contribution in [0.1, 0.15) is 36.1 Å². The Morgan fingerprint density at radius 1 is 0.864 bits per heavy atom. The van der Waals surface area contributed by atoms with E-state index in [1.54, 1.807) is 18.2 Å². The highest BCUT2D eigenvalue weighted by atomic mass is 16.2. The van der Waals surface area contributed by atoms with Crippen LogP contribution in [0.2, 0.25) is 0 Å². The van der Waals surface area contributed by atoms with E-state index >= 15 is 0 Å². The molecule has 1 aromatic heterocycles. The molecular formula is C15H15N3O4. The molecule has 1 aromatic rings. The topological polar surface area (TPSA) is 87.7 Å². The molecule has 2 atom stereocenters. The van der Waals surface area contributed by atoms with E-state index in [0.717, 1.165) is 9.80 Å². The van der Waals surface area contributed by atoms with Crippen LogP contribution in [0.3, 0.4) is 0 Å². The number of imide groups is 2. The van der Waals surface area contributed by atoms with Crippen LogP contribution in [0.25, 0.3) is 0 Å². The van der Waals surface area contributed by atoms with Crippen molar-refractivity contribution in [1.29, 1.82) is 0 Å². The van der Waals surface area contributed by atoms with E-state index < -0.39 is 11.8 Å². The van der Waals surface area contributed by atoms with E-state index in [1.165, 1.54) is 14.1 Å². The molecule has 2 saturated heterocycles. The molecule has 7 heteroatoms. The van der Waals surface area contributed by atoms with Gasteiger partial charge in [-0.3, -0.25) is 34.0 Å². The fourth-order valence-corrected chi connectivity index (χ4v) is 2.83. The second-order valence-corrected chi connectivity index (χ2v) is 5.58. The minimum atomic E-state index is -0.609. The Balaban J connectivity index is 1.91. The largest absolute Gasteiger partial charge is 0.285 e. The average molecular weight is 301 g/mol. The van der Waals surface area contributed by atoms with Gasteiger partial charge in [0, 0.05) is 26.9 Å². The standard InChI is InChI=1S/C15H15N3O4/c1-17-12(19)6-8(14(17)21)10-4-3-5-11(16-10)9-7-13(20)18(2)15(9)22/h3-5,8-9H,6-7H2,1-2H3. The van der Waals surface area contributed by atoms with E-state index in [9.17, 15) is 19.2 Å². The number of carbonyl (C=O) groups excluding carboxylic acids is 4. The SMILES string of the molecule is CN1C(=O)CC(c2cccc(C3CC(=O)N(C)C3=O)n2)C1=O. The van der Waals surface area contributed by atoms with Crippen LogP contribution in [0.5, 0.6) is 0 Å². The molecule has 4 amide bonds. The lowest BCUT2D eigenvalue weighted by Gasteiger charge is -2.12. The molecule has 2 aliphatic heterocycles. The summed E-state index contributed by atoms with van der Waals surface area (Å²) in [5.41, 5.74) is 0.935. The third-order valence-electron chi connectivity index (χ3n) is 4.27. The van der Waals surface area contributed by atoms with Crippen molar-refractivity contribution in [2.45, 2.75) is 24.7 Å². The van der Waals surface area contributed by atoms with Crippen molar-refractivity contribution in [3.8, 4) is 0 Å². The highest BCUT2D eigenvalue weighted by Crippen LogP contribution is 2.31. The van der Waals surface area contributed by atoms with Crippen LogP contribution < -0.4 is 0 Å². The zero-order chi connectivity index (χ0) is 16.0. The van der Waals surface area contributed by atoms with Crippen molar-refractivity contribution < 1.29 is 19.2 Å². The summed E-state index contributed by atoms with van der Waals surface area (Å²) < 4.78 is 0. The van der Waals surface area contributed by atoms with Crippen molar-refractivity contribution in [1.82, 2.24) is 14.8 Å². The molecule has 3 heterocycles. The van der Waals surface area contributed by atoms with Crippen molar-refractivity contribution in [3.63, 3.8) is 0 Å². The molecule has 0 aromatic carbocycles. The van der Waals surface area contributed by atoms with Gasteiger partial charge in [-0.15, -0.1) is 0 Å². The lowest BCUT2D eigenvalue weighted by molar-refractivity contribution is -0.138. The first kappa shape index (κ1) is 14.4. The van der Waals surface area contributed by atoms with Gasteiger partial charge < -0.3 is 0 Å². The van der Waals surface area contributed by atoms with Crippen molar-refractivity contribution >= 4 is 23.6 Å². The second kappa shape index (κ2) is 5.01. The van der Waals surface area contributed by atoms with Crippen LogP contribution >= 0.6 is 0 Å². The number of hydrogen-bond acceptors (Lipinski definition) is 5. The van der Waals surface area contributed by atoms with Gasteiger partial charge in [0.05, 0.1) is 23.2 Å². The van der Waals surface area contributed by atoms with Gasteiger partial charge in [0.15, 0.2) is 0 Å². The summed E-state index contributed by atoms with van der Waals surface area (Å²) in [4.78, 5) is 53.9. The van der Waals surface area contributed by atoms with Crippen molar-refractivity contribution in [3.05, 3.63) is 29.6 Å². The van der Waals surface area contributed by atoms with Gasteiger partial charge in [0.25, 0.3) is 0 Å². The van der Waals surface area contributed by atoms with E-state index in [4.69, 9.17) is 0 Å². The Hall–Kier alpha value is -2.57. The third-order valence-corrected chi connectivity index (χ3v) is 4.27. The Labute approximate surface area is 126 Å².